The quantitative estimate of drug-likeness (QED) is 0.514. The molecule has 0 aromatic heterocycles. The Morgan fingerprint density at radius 1 is 0.750 bits per heavy atom. The third-order valence-electron chi connectivity index (χ3n) is 3.79. The van der Waals surface area contributed by atoms with E-state index in [1.165, 1.54) is 6.08 Å². The van der Waals surface area contributed by atoms with Gasteiger partial charge in [0.05, 0.1) is 0 Å². The Bertz CT molecular complexity index is 1010. The summed E-state index contributed by atoms with van der Waals surface area (Å²) in [5.41, 5.74) is 2.57. The van der Waals surface area contributed by atoms with Crippen LogP contribution in [-0.2, 0) is 4.79 Å². The number of rotatable bonds is 5. The van der Waals surface area contributed by atoms with Gasteiger partial charge in [0.2, 0.25) is 5.91 Å². The molecule has 0 heterocycles. The Morgan fingerprint density at radius 2 is 1.39 bits per heavy atom. The SMILES string of the molecule is O=C(/C=C/c1ccc(Cl)cc1)Nc1ccc(NC(=O)c2cccc(Cl)c2)cc1. The second kappa shape index (κ2) is 9.22. The van der Waals surface area contributed by atoms with Crippen LogP contribution in [0.25, 0.3) is 6.08 Å². The Balaban J connectivity index is 1.57. The Labute approximate surface area is 172 Å². The first-order chi connectivity index (χ1) is 13.5. The highest BCUT2D eigenvalue weighted by Gasteiger charge is 2.06. The molecule has 4 nitrogen and oxygen atoms in total. The van der Waals surface area contributed by atoms with Crippen molar-refractivity contribution in [3.8, 4) is 0 Å². The van der Waals surface area contributed by atoms with Crippen LogP contribution in [0.1, 0.15) is 15.9 Å². The van der Waals surface area contributed by atoms with Crippen LogP contribution in [0.3, 0.4) is 0 Å². The molecule has 2 N–H and O–H groups in total. The van der Waals surface area contributed by atoms with Gasteiger partial charge in [0.15, 0.2) is 0 Å². The van der Waals surface area contributed by atoms with E-state index in [1.807, 2.05) is 12.1 Å². The molecule has 0 saturated carbocycles. The molecule has 28 heavy (non-hydrogen) atoms. The molecule has 3 aromatic carbocycles. The van der Waals surface area contributed by atoms with E-state index in [4.69, 9.17) is 23.2 Å². The lowest BCUT2D eigenvalue weighted by molar-refractivity contribution is -0.111. The number of nitrogens with one attached hydrogen (secondary N) is 2. The lowest BCUT2D eigenvalue weighted by Gasteiger charge is -2.07. The number of benzene rings is 3. The molecule has 2 amide bonds. The van der Waals surface area contributed by atoms with Crippen LogP contribution in [0.2, 0.25) is 10.0 Å². The molecule has 3 rings (SSSR count). The van der Waals surface area contributed by atoms with Crippen molar-refractivity contribution in [1.29, 1.82) is 0 Å². The summed E-state index contributed by atoms with van der Waals surface area (Å²) < 4.78 is 0. The van der Waals surface area contributed by atoms with Gasteiger partial charge in [0, 0.05) is 33.1 Å². The van der Waals surface area contributed by atoms with Crippen LogP contribution >= 0.6 is 23.2 Å². The summed E-state index contributed by atoms with van der Waals surface area (Å²) in [6.45, 7) is 0. The van der Waals surface area contributed by atoms with E-state index >= 15 is 0 Å². The first kappa shape index (κ1) is 19.7. The van der Waals surface area contributed by atoms with Crippen LogP contribution in [0, 0.1) is 0 Å². The molecule has 0 fully saturated rings. The largest absolute Gasteiger partial charge is 0.323 e. The Morgan fingerprint density at radius 3 is 2.04 bits per heavy atom. The summed E-state index contributed by atoms with van der Waals surface area (Å²) in [7, 11) is 0. The second-order valence-corrected chi connectivity index (χ2v) is 6.79. The summed E-state index contributed by atoms with van der Waals surface area (Å²) in [6, 6.07) is 20.7. The normalized spacial score (nSPS) is 10.6. The van der Waals surface area contributed by atoms with Gasteiger partial charge in [-0.05, 0) is 66.2 Å². The molecule has 0 unspecified atom stereocenters. The minimum atomic E-state index is -0.259. The van der Waals surface area contributed by atoms with Crippen molar-refractivity contribution in [2.75, 3.05) is 10.6 Å². The summed E-state index contributed by atoms with van der Waals surface area (Å²) in [6.07, 6.45) is 3.14. The number of carbonyl (C=O) groups excluding carboxylic acids is 2. The number of anilines is 2. The minimum absolute atomic E-state index is 0.259. The van der Waals surface area contributed by atoms with Crippen molar-refractivity contribution in [3.05, 3.63) is 100 Å². The van der Waals surface area contributed by atoms with E-state index in [0.29, 0.717) is 27.0 Å². The lowest BCUT2D eigenvalue weighted by Crippen LogP contribution is -2.12. The van der Waals surface area contributed by atoms with Crippen LogP contribution in [-0.4, -0.2) is 11.8 Å². The molecule has 0 aliphatic heterocycles. The lowest BCUT2D eigenvalue weighted by atomic mass is 10.2. The predicted molar refractivity (Wildman–Crippen MR) is 115 cm³/mol. The van der Waals surface area contributed by atoms with E-state index in [9.17, 15) is 9.59 Å². The molecule has 0 aliphatic carbocycles. The Kier molecular flexibility index (Phi) is 6.48. The number of halogens is 2. The first-order valence-corrected chi connectivity index (χ1v) is 9.17. The molecule has 0 radical (unpaired) electrons. The first-order valence-electron chi connectivity index (χ1n) is 8.41. The molecule has 0 spiro atoms. The van der Waals surface area contributed by atoms with Gasteiger partial charge < -0.3 is 10.6 Å². The van der Waals surface area contributed by atoms with Crippen molar-refractivity contribution < 1.29 is 9.59 Å². The van der Waals surface area contributed by atoms with Gasteiger partial charge in [-0.3, -0.25) is 9.59 Å². The molecule has 3 aromatic rings. The van der Waals surface area contributed by atoms with Gasteiger partial charge in [-0.1, -0.05) is 41.4 Å². The van der Waals surface area contributed by atoms with Crippen molar-refractivity contribution >= 4 is 52.5 Å². The van der Waals surface area contributed by atoms with Gasteiger partial charge in [0.1, 0.15) is 0 Å². The zero-order valence-electron chi connectivity index (χ0n) is 14.7. The van der Waals surface area contributed by atoms with Gasteiger partial charge in [0.25, 0.3) is 5.91 Å². The highest BCUT2D eigenvalue weighted by Crippen LogP contribution is 2.17. The van der Waals surface area contributed by atoms with E-state index in [0.717, 1.165) is 5.56 Å². The second-order valence-electron chi connectivity index (χ2n) is 5.92. The topological polar surface area (TPSA) is 58.2 Å². The molecule has 6 heteroatoms. The van der Waals surface area contributed by atoms with E-state index < -0.39 is 0 Å². The molecule has 0 aliphatic rings. The van der Waals surface area contributed by atoms with Gasteiger partial charge in [-0.2, -0.15) is 0 Å². The zero-order chi connectivity index (χ0) is 19.9. The number of amides is 2. The smallest absolute Gasteiger partial charge is 0.255 e. The third kappa shape index (κ3) is 5.71. The highest BCUT2D eigenvalue weighted by atomic mass is 35.5. The van der Waals surface area contributed by atoms with Crippen LogP contribution in [0.15, 0.2) is 78.9 Å². The summed E-state index contributed by atoms with van der Waals surface area (Å²) >= 11 is 11.7. The Hall–Kier alpha value is -3.08. The predicted octanol–water partition coefficient (Wildman–Crippen LogP) is 5.90. The van der Waals surface area contributed by atoms with Gasteiger partial charge >= 0.3 is 0 Å². The van der Waals surface area contributed by atoms with Crippen LogP contribution in [0.4, 0.5) is 11.4 Å². The maximum absolute atomic E-state index is 12.2. The molecule has 140 valence electrons. The van der Waals surface area contributed by atoms with E-state index in [1.54, 1.807) is 66.7 Å². The van der Waals surface area contributed by atoms with Crippen molar-refractivity contribution in [1.82, 2.24) is 0 Å². The maximum Gasteiger partial charge on any atom is 0.255 e. The zero-order valence-corrected chi connectivity index (χ0v) is 16.2. The van der Waals surface area contributed by atoms with E-state index in [2.05, 4.69) is 10.6 Å². The summed E-state index contributed by atoms with van der Waals surface area (Å²) in [5, 5.41) is 6.68. The van der Waals surface area contributed by atoms with Crippen molar-refractivity contribution in [2.24, 2.45) is 0 Å². The molecule has 0 atom stereocenters. The molecular weight excluding hydrogens is 395 g/mol. The fourth-order valence-corrected chi connectivity index (χ4v) is 2.72. The standard InChI is InChI=1S/C22H16Cl2N2O2/c23-17-7-4-15(5-8-17)6-13-21(27)25-19-9-11-20(12-10-19)26-22(28)16-2-1-3-18(24)14-16/h1-14H,(H,25,27)(H,26,28)/b13-6+. The van der Waals surface area contributed by atoms with Gasteiger partial charge in [-0.15, -0.1) is 0 Å². The number of hydrogen-bond acceptors (Lipinski definition) is 2. The van der Waals surface area contributed by atoms with Crippen molar-refractivity contribution in [2.45, 2.75) is 0 Å². The molecule has 0 saturated heterocycles. The van der Waals surface area contributed by atoms with Crippen LogP contribution in [0.5, 0.6) is 0 Å². The summed E-state index contributed by atoms with van der Waals surface area (Å²) in [5.74, 6) is -0.518. The average Bonchev–Trinajstić information content (AvgIpc) is 2.69. The average molecular weight is 411 g/mol. The third-order valence-corrected chi connectivity index (χ3v) is 4.28. The van der Waals surface area contributed by atoms with E-state index in [-0.39, 0.29) is 11.8 Å². The monoisotopic (exact) mass is 410 g/mol. The fraction of sp³-hybridized carbons (Fsp3) is 0. The van der Waals surface area contributed by atoms with Crippen molar-refractivity contribution in [3.63, 3.8) is 0 Å². The molecular formula is C22H16Cl2N2O2. The molecule has 0 bridgehead atoms. The highest BCUT2D eigenvalue weighted by molar-refractivity contribution is 6.31. The minimum Gasteiger partial charge on any atom is -0.323 e. The van der Waals surface area contributed by atoms with Gasteiger partial charge in [-0.25, -0.2) is 0 Å². The number of carbonyl (C=O) groups is 2. The maximum atomic E-state index is 12.2. The number of hydrogen-bond donors (Lipinski definition) is 2. The van der Waals surface area contributed by atoms with Crippen LogP contribution < -0.4 is 10.6 Å². The summed E-state index contributed by atoms with van der Waals surface area (Å²) in [4.78, 5) is 24.2. The fourth-order valence-electron chi connectivity index (χ4n) is 2.40.